The van der Waals surface area contributed by atoms with Gasteiger partial charge < -0.3 is 4.74 Å². The van der Waals surface area contributed by atoms with Gasteiger partial charge in [0.15, 0.2) is 0 Å². The van der Waals surface area contributed by atoms with E-state index in [1.807, 2.05) is 6.92 Å². The van der Waals surface area contributed by atoms with Gasteiger partial charge in [-0.25, -0.2) is 0 Å². The van der Waals surface area contributed by atoms with Crippen molar-refractivity contribution in [2.45, 2.75) is 26.1 Å². The third-order valence-electron chi connectivity index (χ3n) is 2.81. The number of methoxy groups -OCH3 is 1. The summed E-state index contributed by atoms with van der Waals surface area (Å²) in [6.07, 6.45) is -4.34. The smallest absolute Gasteiger partial charge is 0.408 e. The summed E-state index contributed by atoms with van der Waals surface area (Å²) in [5, 5.41) is 0. The lowest BCUT2D eigenvalue weighted by molar-refractivity contribution is -0.180. The molecular weight excluding hydrogens is 243 g/mol. The second-order valence-electron chi connectivity index (χ2n) is 4.61. The molecule has 0 aliphatic rings. The first kappa shape index (κ1) is 14.8. The summed E-state index contributed by atoms with van der Waals surface area (Å²) in [6.45, 7) is 3.50. The Morgan fingerprint density at radius 2 is 1.72 bits per heavy atom. The van der Waals surface area contributed by atoms with E-state index in [-0.39, 0.29) is 11.3 Å². The zero-order valence-corrected chi connectivity index (χ0v) is 11.2. The Hall–Kier alpha value is -1.23. The maximum Gasteiger partial charge on any atom is 0.408 e. The Labute approximate surface area is 105 Å². The van der Waals surface area contributed by atoms with Crippen molar-refractivity contribution >= 4 is 0 Å². The molecule has 5 heteroatoms. The first-order valence-electron chi connectivity index (χ1n) is 5.56. The molecule has 0 saturated heterocycles. The number of ether oxygens (including phenoxy) is 1. The maximum absolute atomic E-state index is 13.2. The van der Waals surface area contributed by atoms with Crippen LogP contribution in [0.4, 0.5) is 13.2 Å². The van der Waals surface area contributed by atoms with Crippen LogP contribution < -0.4 is 4.74 Å². The van der Waals surface area contributed by atoms with Crippen LogP contribution in [0.2, 0.25) is 0 Å². The van der Waals surface area contributed by atoms with Crippen LogP contribution in [0.25, 0.3) is 0 Å². The molecular formula is C13H18F3NO. The van der Waals surface area contributed by atoms with Gasteiger partial charge in [0.1, 0.15) is 11.8 Å². The van der Waals surface area contributed by atoms with Crippen molar-refractivity contribution in [2.24, 2.45) is 0 Å². The monoisotopic (exact) mass is 261 g/mol. The molecule has 0 heterocycles. The van der Waals surface area contributed by atoms with Crippen LogP contribution in [0.5, 0.6) is 5.75 Å². The molecule has 0 radical (unpaired) electrons. The molecule has 0 bridgehead atoms. The van der Waals surface area contributed by atoms with Gasteiger partial charge in [-0.15, -0.1) is 0 Å². The molecule has 0 aromatic heterocycles. The minimum atomic E-state index is -4.34. The molecule has 0 saturated carbocycles. The first-order valence-corrected chi connectivity index (χ1v) is 5.56. The average Bonchev–Trinajstić information content (AvgIpc) is 2.18. The van der Waals surface area contributed by atoms with E-state index in [1.54, 1.807) is 19.1 Å². The Morgan fingerprint density at radius 1 is 1.17 bits per heavy atom. The highest BCUT2D eigenvalue weighted by molar-refractivity contribution is 5.45. The molecule has 0 fully saturated rings. The summed E-state index contributed by atoms with van der Waals surface area (Å²) in [6, 6.07) is 1.71. The first-order chi connectivity index (χ1) is 8.18. The van der Waals surface area contributed by atoms with E-state index in [4.69, 9.17) is 4.74 Å². The zero-order valence-electron chi connectivity index (χ0n) is 11.2. The molecule has 102 valence electrons. The second-order valence-corrected chi connectivity index (χ2v) is 4.61. The number of nitrogens with zero attached hydrogens (tertiary/aromatic N) is 1. The Bertz CT molecular complexity index is 427. The van der Waals surface area contributed by atoms with Crippen LogP contribution >= 0.6 is 0 Å². The van der Waals surface area contributed by atoms with Crippen LogP contribution in [-0.2, 0) is 0 Å². The summed E-state index contributed by atoms with van der Waals surface area (Å²) in [7, 11) is 4.22. The van der Waals surface area contributed by atoms with Gasteiger partial charge in [-0.2, -0.15) is 13.2 Å². The van der Waals surface area contributed by atoms with Crippen LogP contribution in [0.1, 0.15) is 22.7 Å². The van der Waals surface area contributed by atoms with Crippen molar-refractivity contribution in [1.82, 2.24) is 4.90 Å². The molecule has 2 nitrogen and oxygen atoms in total. The lowest BCUT2D eigenvalue weighted by Crippen LogP contribution is -2.34. The average molecular weight is 261 g/mol. The fourth-order valence-electron chi connectivity index (χ4n) is 2.17. The number of alkyl halides is 3. The van der Waals surface area contributed by atoms with Gasteiger partial charge in [-0.05, 0) is 45.1 Å². The van der Waals surface area contributed by atoms with E-state index in [1.165, 1.54) is 21.2 Å². The number of benzene rings is 1. The zero-order chi connectivity index (χ0) is 14.1. The van der Waals surface area contributed by atoms with Gasteiger partial charge in [0.05, 0.1) is 7.11 Å². The lowest BCUT2D eigenvalue weighted by Gasteiger charge is -2.29. The Morgan fingerprint density at radius 3 is 2.11 bits per heavy atom. The molecule has 1 aromatic rings. The van der Waals surface area contributed by atoms with Crippen molar-refractivity contribution in [3.05, 3.63) is 28.8 Å². The van der Waals surface area contributed by atoms with E-state index >= 15 is 0 Å². The fraction of sp³-hybridized carbons (Fsp3) is 0.538. The number of rotatable bonds is 3. The predicted molar refractivity (Wildman–Crippen MR) is 65.0 cm³/mol. The Balaban J connectivity index is 3.46. The molecule has 1 unspecified atom stereocenters. The topological polar surface area (TPSA) is 12.5 Å². The molecule has 0 spiro atoms. The summed E-state index contributed by atoms with van der Waals surface area (Å²) in [5.41, 5.74) is 1.65. The molecule has 0 amide bonds. The van der Waals surface area contributed by atoms with Gasteiger partial charge in [0.2, 0.25) is 0 Å². The van der Waals surface area contributed by atoms with E-state index in [0.29, 0.717) is 5.56 Å². The highest BCUT2D eigenvalue weighted by Crippen LogP contribution is 2.42. The van der Waals surface area contributed by atoms with Crippen molar-refractivity contribution in [3.63, 3.8) is 0 Å². The van der Waals surface area contributed by atoms with Gasteiger partial charge in [0.25, 0.3) is 0 Å². The largest absolute Gasteiger partial charge is 0.496 e. The number of halogens is 3. The summed E-state index contributed by atoms with van der Waals surface area (Å²) in [5.74, 6) is 0.281. The molecule has 18 heavy (non-hydrogen) atoms. The normalized spacial score (nSPS) is 13.8. The number of hydrogen-bond donors (Lipinski definition) is 0. The van der Waals surface area contributed by atoms with Crippen LogP contribution in [0, 0.1) is 13.8 Å². The van der Waals surface area contributed by atoms with Crippen molar-refractivity contribution in [1.29, 1.82) is 0 Å². The minimum Gasteiger partial charge on any atom is -0.496 e. The van der Waals surface area contributed by atoms with Crippen molar-refractivity contribution < 1.29 is 17.9 Å². The molecule has 0 aliphatic carbocycles. The molecule has 1 aromatic carbocycles. The van der Waals surface area contributed by atoms with Gasteiger partial charge >= 0.3 is 6.18 Å². The fourth-order valence-corrected chi connectivity index (χ4v) is 2.17. The van der Waals surface area contributed by atoms with E-state index in [9.17, 15) is 13.2 Å². The van der Waals surface area contributed by atoms with Crippen LogP contribution in [0.3, 0.4) is 0 Å². The van der Waals surface area contributed by atoms with E-state index in [2.05, 4.69) is 0 Å². The predicted octanol–water partition coefficient (Wildman–Crippen LogP) is 3.48. The quantitative estimate of drug-likeness (QED) is 0.826. The van der Waals surface area contributed by atoms with Crippen molar-refractivity contribution in [2.75, 3.05) is 21.2 Å². The van der Waals surface area contributed by atoms with Crippen molar-refractivity contribution in [3.8, 4) is 5.75 Å². The van der Waals surface area contributed by atoms with Crippen LogP contribution in [-0.4, -0.2) is 32.3 Å². The summed E-state index contributed by atoms with van der Waals surface area (Å²) < 4.78 is 44.6. The van der Waals surface area contributed by atoms with Crippen LogP contribution in [0.15, 0.2) is 12.1 Å². The molecule has 0 N–H and O–H groups in total. The Kier molecular flexibility index (Phi) is 4.27. The highest BCUT2D eigenvalue weighted by Gasteiger charge is 2.44. The van der Waals surface area contributed by atoms with Gasteiger partial charge in [-0.3, -0.25) is 4.90 Å². The summed E-state index contributed by atoms with van der Waals surface area (Å²) >= 11 is 0. The summed E-state index contributed by atoms with van der Waals surface area (Å²) in [4.78, 5) is 1.15. The molecule has 1 atom stereocenters. The lowest BCUT2D eigenvalue weighted by atomic mass is 9.96. The molecule has 0 aliphatic heterocycles. The SMILES string of the molecule is COc1cc(C)cc(C)c1C(N(C)C)C(F)(F)F. The minimum absolute atomic E-state index is 0.181. The standard InChI is InChI=1S/C13H18F3NO/c1-8-6-9(2)11(10(7-8)18-5)12(17(3)4)13(14,15)16/h6-7,12H,1-5H3. The molecule has 1 rings (SSSR count). The number of aryl methyl sites for hydroxylation is 2. The highest BCUT2D eigenvalue weighted by atomic mass is 19.4. The van der Waals surface area contributed by atoms with Gasteiger partial charge in [-0.1, -0.05) is 6.07 Å². The third kappa shape index (κ3) is 2.96. The van der Waals surface area contributed by atoms with Gasteiger partial charge in [0, 0.05) is 5.56 Å². The number of hydrogen-bond acceptors (Lipinski definition) is 2. The van der Waals surface area contributed by atoms with E-state index < -0.39 is 12.2 Å². The second kappa shape index (κ2) is 5.18. The van der Waals surface area contributed by atoms with E-state index in [0.717, 1.165) is 10.5 Å². The third-order valence-corrected chi connectivity index (χ3v) is 2.81. The maximum atomic E-state index is 13.2.